The van der Waals surface area contributed by atoms with Gasteiger partial charge in [-0.1, -0.05) is 12.1 Å². The van der Waals surface area contributed by atoms with Crippen LogP contribution in [0.4, 0.5) is 5.69 Å². The summed E-state index contributed by atoms with van der Waals surface area (Å²) in [5, 5.41) is 4.95. The number of thiocarbonyl (C=S) groups is 1. The predicted molar refractivity (Wildman–Crippen MR) is 137 cm³/mol. The lowest BCUT2D eigenvalue weighted by Crippen LogP contribution is -2.40. The summed E-state index contributed by atoms with van der Waals surface area (Å²) in [5.74, 6) is 0.821. The van der Waals surface area contributed by atoms with Crippen molar-refractivity contribution in [3.05, 3.63) is 69.5 Å². The third kappa shape index (κ3) is 5.87. The number of fused-ring (bicyclic) bond motifs is 1. The van der Waals surface area contributed by atoms with Gasteiger partial charge in [0.15, 0.2) is 5.11 Å². The molecular formula is C25H32N4O2S. The van der Waals surface area contributed by atoms with Crippen LogP contribution < -0.4 is 15.6 Å². The minimum atomic E-state index is -0.0788. The summed E-state index contributed by atoms with van der Waals surface area (Å²) in [6.45, 7) is 8.59. The number of pyridine rings is 1. The van der Waals surface area contributed by atoms with Gasteiger partial charge in [-0.2, -0.15) is 0 Å². The van der Waals surface area contributed by atoms with Crippen LogP contribution >= 0.6 is 12.2 Å². The maximum absolute atomic E-state index is 12.9. The van der Waals surface area contributed by atoms with E-state index in [2.05, 4.69) is 28.2 Å². The zero-order valence-corrected chi connectivity index (χ0v) is 20.3. The van der Waals surface area contributed by atoms with E-state index in [0.29, 0.717) is 30.4 Å². The summed E-state index contributed by atoms with van der Waals surface area (Å²) < 4.78 is 5.51. The van der Waals surface area contributed by atoms with E-state index in [4.69, 9.17) is 17.0 Å². The summed E-state index contributed by atoms with van der Waals surface area (Å²) in [5.41, 5.74) is 4.59. The normalized spacial score (nSPS) is 11.1. The number of aromatic nitrogens is 1. The Kier molecular flexibility index (Phi) is 7.88. The number of hydrogen-bond acceptors (Lipinski definition) is 4. The average Bonchev–Trinajstić information content (AvgIpc) is 2.76. The van der Waals surface area contributed by atoms with Crippen LogP contribution in [0.15, 0.2) is 47.3 Å². The van der Waals surface area contributed by atoms with Crippen molar-refractivity contribution in [1.29, 1.82) is 0 Å². The van der Waals surface area contributed by atoms with Gasteiger partial charge in [0.25, 0.3) is 5.56 Å². The minimum Gasteiger partial charge on any atom is -0.494 e. The Labute approximate surface area is 195 Å². The van der Waals surface area contributed by atoms with Crippen molar-refractivity contribution >= 4 is 33.9 Å². The van der Waals surface area contributed by atoms with Crippen LogP contribution in [0.2, 0.25) is 0 Å². The molecule has 0 radical (unpaired) electrons. The average molecular weight is 453 g/mol. The predicted octanol–water partition coefficient (Wildman–Crippen LogP) is 4.30. The van der Waals surface area contributed by atoms with Crippen molar-refractivity contribution in [2.24, 2.45) is 0 Å². The van der Waals surface area contributed by atoms with Crippen molar-refractivity contribution in [2.45, 2.75) is 27.3 Å². The van der Waals surface area contributed by atoms with E-state index < -0.39 is 0 Å². The molecule has 1 heterocycles. The number of nitrogens with one attached hydrogen (secondary N) is 2. The van der Waals surface area contributed by atoms with E-state index in [1.54, 1.807) is 0 Å². The Bertz CT molecular complexity index is 1140. The van der Waals surface area contributed by atoms with E-state index in [-0.39, 0.29) is 5.56 Å². The highest BCUT2D eigenvalue weighted by Crippen LogP contribution is 2.21. The second-order valence-electron chi connectivity index (χ2n) is 8.22. The van der Waals surface area contributed by atoms with Crippen LogP contribution in [0.5, 0.6) is 5.75 Å². The van der Waals surface area contributed by atoms with E-state index in [0.717, 1.165) is 40.0 Å². The molecule has 1 aromatic heterocycles. The number of ether oxygens (including phenoxy) is 1. The molecule has 0 amide bonds. The fraction of sp³-hybridized carbons (Fsp3) is 0.360. The van der Waals surface area contributed by atoms with Crippen molar-refractivity contribution in [1.82, 2.24) is 14.8 Å². The molecule has 3 aromatic rings. The van der Waals surface area contributed by atoms with Gasteiger partial charge in [-0.25, -0.2) is 0 Å². The molecule has 170 valence electrons. The molecule has 0 bridgehead atoms. The van der Waals surface area contributed by atoms with Gasteiger partial charge in [-0.3, -0.25) is 4.79 Å². The van der Waals surface area contributed by atoms with E-state index in [9.17, 15) is 4.79 Å². The molecule has 3 rings (SSSR count). The molecule has 32 heavy (non-hydrogen) atoms. The van der Waals surface area contributed by atoms with Gasteiger partial charge in [0.05, 0.1) is 18.7 Å². The van der Waals surface area contributed by atoms with Gasteiger partial charge < -0.3 is 24.8 Å². The molecule has 0 spiro atoms. The second-order valence-corrected chi connectivity index (χ2v) is 8.61. The Morgan fingerprint density at radius 3 is 2.41 bits per heavy atom. The standard InChI is InChI=1S/C25H32N4O2S/c1-6-31-21-11-9-20(10-12-21)26-25(32)29(14-13-28(4)5)16-19-15-22-17(2)7-8-18(3)23(22)27-24(19)30/h7-12,15H,6,13-14,16H2,1-5H3,(H,26,32)(H,27,30). The summed E-state index contributed by atoms with van der Waals surface area (Å²) >= 11 is 5.73. The number of likely N-dealkylation sites (N-methyl/N-ethyl adjacent to an activating group) is 1. The molecule has 0 fully saturated rings. The van der Waals surface area contributed by atoms with E-state index >= 15 is 0 Å². The number of anilines is 1. The molecule has 0 aliphatic heterocycles. The number of H-pyrrole nitrogens is 1. The van der Waals surface area contributed by atoms with Crippen molar-refractivity contribution in [3.63, 3.8) is 0 Å². The fourth-order valence-corrected chi connectivity index (χ4v) is 3.79. The molecule has 2 N–H and O–H groups in total. The highest BCUT2D eigenvalue weighted by Gasteiger charge is 2.15. The zero-order valence-electron chi connectivity index (χ0n) is 19.5. The van der Waals surface area contributed by atoms with Crippen molar-refractivity contribution in [2.75, 3.05) is 39.1 Å². The maximum atomic E-state index is 12.9. The SMILES string of the molecule is CCOc1ccc(NC(=S)N(CCN(C)C)Cc2cc3c(C)ccc(C)c3[nH]c2=O)cc1. The topological polar surface area (TPSA) is 60.6 Å². The monoisotopic (exact) mass is 452 g/mol. The Morgan fingerprint density at radius 2 is 1.75 bits per heavy atom. The molecule has 0 aliphatic carbocycles. The van der Waals surface area contributed by atoms with Gasteiger partial charge in [-0.15, -0.1) is 0 Å². The summed E-state index contributed by atoms with van der Waals surface area (Å²) in [6.07, 6.45) is 0. The molecule has 0 saturated carbocycles. The van der Waals surface area contributed by atoms with Crippen LogP contribution in [0.3, 0.4) is 0 Å². The largest absolute Gasteiger partial charge is 0.494 e. The van der Waals surface area contributed by atoms with Gasteiger partial charge in [0.1, 0.15) is 5.75 Å². The molecule has 0 aliphatic rings. The third-order valence-electron chi connectivity index (χ3n) is 5.40. The second kappa shape index (κ2) is 10.6. The first-order valence-electron chi connectivity index (χ1n) is 10.8. The first kappa shape index (κ1) is 23.8. The van der Waals surface area contributed by atoms with Crippen LogP contribution in [0.1, 0.15) is 23.6 Å². The van der Waals surface area contributed by atoms with E-state index in [1.807, 2.05) is 69.2 Å². The summed E-state index contributed by atoms with van der Waals surface area (Å²) in [4.78, 5) is 20.1. The molecule has 0 unspecified atom stereocenters. The van der Waals surface area contributed by atoms with Crippen LogP contribution in [-0.4, -0.2) is 53.7 Å². The lowest BCUT2D eigenvalue weighted by atomic mass is 10.0. The van der Waals surface area contributed by atoms with Crippen LogP contribution in [0.25, 0.3) is 10.9 Å². The first-order valence-corrected chi connectivity index (χ1v) is 11.2. The third-order valence-corrected chi connectivity index (χ3v) is 5.76. The molecule has 6 nitrogen and oxygen atoms in total. The number of aromatic amines is 1. The van der Waals surface area contributed by atoms with Crippen molar-refractivity contribution < 1.29 is 4.74 Å². The smallest absolute Gasteiger partial charge is 0.253 e. The van der Waals surface area contributed by atoms with Gasteiger partial charge in [0, 0.05) is 29.7 Å². The highest BCUT2D eigenvalue weighted by atomic mass is 32.1. The Morgan fingerprint density at radius 1 is 1.06 bits per heavy atom. The maximum Gasteiger partial charge on any atom is 0.253 e. The lowest BCUT2D eigenvalue weighted by Gasteiger charge is -2.27. The summed E-state index contributed by atoms with van der Waals surface area (Å²) in [7, 11) is 4.05. The molecule has 7 heteroatoms. The minimum absolute atomic E-state index is 0.0788. The molecule has 0 atom stereocenters. The van der Waals surface area contributed by atoms with Crippen molar-refractivity contribution in [3.8, 4) is 5.75 Å². The number of hydrogen-bond donors (Lipinski definition) is 2. The Balaban J connectivity index is 1.85. The quantitative estimate of drug-likeness (QED) is 0.497. The fourth-order valence-electron chi connectivity index (χ4n) is 3.52. The number of aryl methyl sites for hydroxylation is 2. The van der Waals surface area contributed by atoms with Crippen LogP contribution in [-0.2, 0) is 6.54 Å². The van der Waals surface area contributed by atoms with Crippen LogP contribution in [0, 0.1) is 13.8 Å². The van der Waals surface area contributed by atoms with Gasteiger partial charge >= 0.3 is 0 Å². The van der Waals surface area contributed by atoms with Gasteiger partial charge in [0.2, 0.25) is 0 Å². The summed E-state index contributed by atoms with van der Waals surface area (Å²) in [6, 6.07) is 13.8. The molecule has 2 aromatic carbocycles. The van der Waals surface area contributed by atoms with E-state index in [1.165, 1.54) is 0 Å². The number of nitrogens with zero attached hydrogens (tertiary/aromatic N) is 2. The first-order chi connectivity index (χ1) is 15.3. The number of benzene rings is 2. The lowest BCUT2D eigenvalue weighted by molar-refractivity contribution is 0.327. The van der Waals surface area contributed by atoms with Gasteiger partial charge in [-0.05, 0) is 88.5 Å². The Hall–Kier alpha value is -2.90. The molecular weight excluding hydrogens is 420 g/mol. The number of rotatable bonds is 8. The zero-order chi connectivity index (χ0) is 23.3. The highest BCUT2D eigenvalue weighted by molar-refractivity contribution is 7.80. The molecule has 0 saturated heterocycles.